The normalized spacial score (nSPS) is 10.3. The second-order valence-corrected chi connectivity index (χ2v) is 6.11. The van der Waals surface area contributed by atoms with Gasteiger partial charge < -0.3 is 10.1 Å². The van der Waals surface area contributed by atoms with Gasteiger partial charge in [-0.2, -0.15) is 0 Å². The van der Waals surface area contributed by atoms with E-state index in [4.69, 9.17) is 27.9 Å². The van der Waals surface area contributed by atoms with E-state index in [1.165, 1.54) is 24.3 Å². The van der Waals surface area contributed by atoms with Gasteiger partial charge in [0, 0.05) is 17.0 Å². The van der Waals surface area contributed by atoms with Gasteiger partial charge in [0.2, 0.25) is 5.91 Å². The van der Waals surface area contributed by atoms with Gasteiger partial charge in [0.05, 0.1) is 17.1 Å². The first-order valence-electron chi connectivity index (χ1n) is 7.54. The lowest BCUT2D eigenvalue weighted by molar-refractivity contribution is -0.143. The Balaban J connectivity index is 1.75. The molecular weight excluding hydrogens is 384 g/mol. The molecule has 136 valence electrons. The number of anilines is 1. The van der Waals surface area contributed by atoms with Gasteiger partial charge in [-0.25, -0.2) is 4.39 Å². The summed E-state index contributed by atoms with van der Waals surface area (Å²) in [5.41, 5.74) is 0.566. The molecule has 0 radical (unpaired) electrons. The van der Waals surface area contributed by atoms with Crippen molar-refractivity contribution in [2.45, 2.75) is 12.8 Å². The molecule has 0 saturated carbocycles. The number of nitrogens with one attached hydrogen (secondary N) is 1. The van der Waals surface area contributed by atoms with Crippen LogP contribution in [-0.2, 0) is 14.3 Å². The number of hydrogen-bond donors (Lipinski definition) is 1. The SMILES string of the molecule is O=C(CCC(=O)OCC(=O)c1ccc(F)cc1)Nc1cc(Cl)ccc1Cl. The number of esters is 1. The van der Waals surface area contributed by atoms with Crippen molar-refractivity contribution in [1.82, 2.24) is 0 Å². The molecule has 0 atom stereocenters. The number of halogens is 3. The van der Waals surface area contributed by atoms with Gasteiger partial charge in [0.1, 0.15) is 5.82 Å². The maximum atomic E-state index is 12.8. The lowest BCUT2D eigenvalue weighted by Gasteiger charge is -2.08. The van der Waals surface area contributed by atoms with E-state index in [-0.39, 0.29) is 18.4 Å². The number of ether oxygens (including phenoxy) is 1. The van der Waals surface area contributed by atoms with Crippen LogP contribution in [0.5, 0.6) is 0 Å². The fraction of sp³-hybridized carbons (Fsp3) is 0.167. The van der Waals surface area contributed by atoms with Crippen LogP contribution in [0.3, 0.4) is 0 Å². The summed E-state index contributed by atoms with van der Waals surface area (Å²) in [4.78, 5) is 35.3. The summed E-state index contributed by atoms with van der Waals surface area (Å²) in [7, 11) is 0. The molecule has 5 nitrogen and oxygen atoms in total. The molecule has 1 amide bonds. The number of Topliss-reactive ketones (excluding diaryl/α,β-unsaturated/α-hetero) is 1. The Morgan fingerprint density at radius 3 is 2.38 bits per heavy atom. The highest BCUT2D eigenvalue weighted by Gasteiger charge is 2.13. The molecule has 0 saturated heterocycles. The molecular formula is C18H14Cl2FNO4. The minimum absolute atomic E-state index is 0.146. The molecule has 0 spiro atoms. The molecule has 0 unspecified atom stereocenters. The van der Waals surface area contributed by atoms with E-state index < -0.39 is 30.1 Å². The number of carbonyl (C=O) groups excluding carboxylic acids is 3. The van der Waals surface area contributed by atoms with Gasteiger partial charge in [0.25, 0.3) is 0 Å². The third-order valence-electron chi connectivity index (χ3n) is 3.29. The Hall–Kier alpha value is -2.44. The molecule has 0 aliphatic carbocycles. The van der Waals surface area contributed by atoms with Crippen LogP contribution in [0.4, 0.5) is 10.1 Å². The molecule has 2 aromatic carbocycles. The second-order valence-electron chi connectivity index (χ2n) is 5.26. The van der Waals surface area contributed by atoms with E-state index in [2.05, 4.69) is 5.32 Å². The first-order chi connectivity index (χ1) is 12.3. The zero-order valence-corrected chi connectivity index (χ0v) is 14.9. The third-order valence-corrected chi connectivity index (χ3v) is 3.85. The summed E-state index contributed by atoms with van der Waals surface area (Å²) >= 11 is 11.8. The lowest BCUT2D eigenvalue weighted by atomic mass is 10.1. The molecule has 0 aromatic heterocycles. The molecule has 0 bridgehead atoms. The number of amides is 1. The average molecular weight is 398 g/mol. The topological polar surface area (TPSA) is 72.5 Å². The van der Waals surface area contributed by atoms with Crippen molar-refractivity contribution < 1.29 is 23.5 Å². The van der Waals surface area contributed by atoms with Gasteiger partial charge in [-0.05, 0) is 42.5 Å². The third kappa shape index (κ3) is 6.13. The van der Waals surface area contributed by atoms with E-state index in [0.29, 0.717) is 15.7 Å². The summed E-state index contributed by atoms with van der Waals surface area (Å²) in [5.74, 6) is -2.08. The van der Waals surface area contributed by atoms with Crippen LogP contribution in [0.15, 0.2) is 42.5 Å². The minimum Gasteiger partial charge on any atom is -0.457 e. The summed E-state index contributed by atoms with van der Waals surface area (Å²) in [6, 6.07) is 9.48. The molecule has 8 heteroatoms. The van der Waals surface area contributed by atoms with E-state index in [9.17, 15) is 18.8 Å². The van der Waals surface area contributed by atoms with Gasteiger partial charge in [-0.3, -0.25) is 14.4 Å². The average Bonchev–Trinajstić information content (AvgIpc) is 2.61. The van der Waals surface area contributed by atoms with Crippen molar-refractivity contribution in [2.24, 2.45) is 0 Å². The Kier molecular flexibility index (Phi) is 7.12. The van der Waals surface area contributed by atoms with Gasteiger partial charge in [-0.1, -0.05) is 23.2 Å². The molecule has 0 fully saturated rings. The van der Waals surface area contributed by atoms with Crippen molar-refractivity contribution in [3.63, 3.8) is 0 Å². The monoisotopic (exact) mass is 397 g/mol. The van der Waals surface area contributed by atoms with Crippen LogP contribution in [0.1, 0.15) is 23.2 Å². The Morgan fingerprint density at radius 2 is 1.69 bits per heavy atom. The Morgan fingerprint density at radius 1 is 1.00 bits per heavy atom. The number of carbonyl (C=O) groups is 3. The highest BCUT2D eigenvalue weighted by molar-refractivity contribution is 6.35. The van der Waals surface area contributed by atoms with E-state index in [1.54, 1.807) is 6.07 Å². The highest BCUT2D eigenvalue weighted by atomic mass is 35.5. The van der Waals surface area contributed by atoms with E-state index in [1.807, 2.05) is 0 Å². The van der Waals surface area contributed by atoms with E-state index in [0.717, 1.165) is 12.1 Å². The standard InChI is InChI=1S/C18H14Cl2FNO4/c19-12-3-6-14(20)15(9-12)22-17(24)7-8-18(25)26-10-16(23)11-1-4-13(21)5-2-11/h1-6,9H,7-8,10H2,(H,22,24). The van der Waals surface area contributed by atoms with Crippen molar-refractivity contribution in [3.8, 4) is 0 Å². The maximum Gasteiger partial charge on any atom is 0.306 e. The van der Waals surface area contributed by atoms with Crippen molar-refractivity contribution in [1.29, 1.82) is 0 Å². The smallest absolute Gasteiger partial charge is 0.306 e. The van der Waals surface area contributed by atoms with Crippen LogP contribution >= 0.6 is 23.2 Å². The molecule has 0 aliphatic heterocycles. The van der Waals surface area contributed by atoms with Crippen LogP contribution in [-0.4, -0.2) is 24.3 Å². The zero-order chi connectivity index (χ0) is 19.1. The molecule has 0 aliphatic rings. The van der Waals surface area contributed by atoms with Crippen molar-refractivity contribution >= 4 is 46.5 Å². The number of rotatable bonds is 7. The fourth-order valence-electron chi connectivity index (χ4n) is 1.96. The largest absolute Gasteiger partial charge is 0.457 e. The van der Waals surface area contributed by atoms with Crippen LogP contribution in [0.2, 0.25) is 10.0 Å². The van der Waals surface area contributed by atoms with Gasteiger partial charge >= 0.3 is 5.97 Å². The Labute approximate surface area is 159 Å². The lowest BCUT2D eigenvalue weighted by Crippen LogP contribution is -2.17. The predicted molar refractivity (Wildman–Crippen MR) is 96.0 cm³/mol. The quantitative estimate of drug-likeness (QED) is 0.558. The van der Waals surface area contributed by atoms with Gasteiger partial charge in [0.15, 0.2) is 12.4 Å². The molecule has 2 rings (SSSR count). The van der Waals surface area contributed by atoms with Crippen LogP contribution in [0, 0.1) is 5.82 Å². The highest BCUT2D eigenvalue weighted by Crippen LogP contribution is 2.25. The first kappa shape index (κ1) is 19.9. The Bertz CT molecular complexity index is 824. The maximum absolute atomic E-state index is 12.8. The molecule has 0 heterocycles. The van der Waals surface area contributed by atoms with Crippen LogP contribution < -0.4 is 5.32 Å². The summed E-state index contributed by atoms with van der Waals surface area (Å²) in [6.45, 7) is -0.480. The summed E-state index contributed by atoms with van der Waals surface area (Å²) < 4.78 is 17.6. The number of ketones is 1. The van der Waals surface area contributed by atoms with E-state index >= 15 is 0 Å². The molecule has 26 heavy (non-hydrogen) atoms. The van der Waals surface area contributed by atoms with Gasteiger partial charge in [-0.15, -0.1) is 0 Å². The molecule has 2 aromatic rings. The summed E-state index contributed by atoms with van der Waals surface area (Å²) in [6.07, 6.45) is -0.354. The second kappa shape index (κ2) is 9.31. The number of benzene rings is 2. The predicted octanol–water partition coefficient (Wildman–Crippen LogP) is 4.28. The van der Waals surface area contributed by atoms with Crippen molar-refractivity contribution in [2.75, 3.05) is 11.9 Å². The minimum atomic E-state index is -0.701. The zero-order valence-electron chi connectivity index (χ0n) is 13.4. The number of hydrogen-bond acceptors (Lipinski definition) is 4. The first-order valence-corrected chi connectivity index (χ1v) is 8.30. The molecule has 1 N–H and O–H groups in total. The fourth-order valence-corrected chi connectivity index (χ4v) is 2.30. The van der Waals surface area contributed by atoms with Crippen molar-refractivity contribution in [3.05, 3.63) is 63.9 Å². The van der Waals surface area contributed by atoms with Crippen LogP contribution in [0.25, 0.3) is 0 Å². The summed E-state index contributed by atoms with van der Waals surface area (Å²) in [5, 5.41) is 3.26.